The molecule has 3 N–H and O–H groups in total. The Kier molecular flexibility index (Phi) is 5.87. The molecule has 0 fully saturated rings. The van der Waals surface area contributed by atoms with Crippen molar-refractivity contribution in [2.45, 2.75) is 25.8 Å². The Balaban J connectivity index is 2.38. The van der Waals surface area contributed by atoms with Gasteiger partial charge in [-0.2, -0.15) is 17.0 Å². The van der Waals surface area contributed by atoms with E-state index >= 15 is 0 Å². The monoisotopic (exact) mass is 277 g/mol. The normalized spacial score (nSPS) is 10.8. The SMILES string of the molecule is CC(C)(N)CSCCC(=O)Nc1ccccc1C#N. The average Bonchev–Trinajstić information content (AvgIpc) is 2.34. The van der Waals surface area contributed by atoms with Gasteiger partial charge in [0.2, 0.25) is 5.91 Å². The number of nitrogens with zero attached hydrogens (tertiary/aromatic N) is 1. The standard InChI is InChI=1S/C14H19N3OS/c1-14(2,16)10-19-8-7-13(18)17-12-6-4-3-5-11(12)9-15/h3-6H,7-8,10,16H2,1-2H3,(H,17,18). The van der Waals surface area contributed by atoms with Gasteiger partial charge in [-0.1, -0.05) is 12.1 Å². The number of carbonyl (C=O) groups is 1. The van der Waals surface area contributed by atoms with E-state index in [1.807, 2.05) is 13.8 Å². The van der Waals surface area contributed by atoms with Crippen LogP contribution in [0.1, 0.15) is 25.8 Å². The van der Waals surface area contributed by atoms with E-state index in [0.717, 1.165) is 11.5 Å². The lowest BCUT2D eigenvalue weighted by molar-refractivity contribution is -0.115. The smallest absolute Gasteiger partial charge is 0.225 e. The van der Waals surface area contributed by atoms with Crippen molar-refractivity contribution in [3.8, 4) is 6.07 Å². The number of nitriles is 1. The number of rotatable bonds is 6. The van der Waals surface area contributed by atoms with E-state index in [-0.39, 0.29) is 11.4 Å². The number of nitrogens with one attached hydrogen (secondary N) is 1. The molecule has 0 saturated carbocycles. The lowest BCUT2D eigenvalue weighted by Gasteiger charge is -2.17. The maximum atomic E-state index is 11.7. The first-order valence-electron chi connectivity index (χ1n) is 6.08. The molecule has 0 aliphatic carbocycles. The molecule has 0 atom stereocenters. The van der Waals surface area contributed by atoms with Crippen molar-refractivity contribution >= 4 is 23.4 Å². The number of hydrogen-bond donors (Lipinski definition) is 2. The van der Waals surface area contributed by atoms with Crippen LogP contribution in [-0.2, 0) is 4.79 Å². The number of nitrogens with two attached hydrogens (primary N) is 1. The highest BCUT2D eigenvalue weighted by Gasteiger charge is 2.11. The Morgan fingerprint density at radius 2 is 2.16 bits per heavy atom. The van der Waals surface area contributed by atoms with E-state index in [0.29, 0.717) is 17.7 Å². The number of anilines is 1. The number of thioether (sulfide) groups is 1. The van der Waals surface area contributed by atoms with Gasteiger partial charge < -0.3 is 11.1 Å². The van der Waals surface area contributed by atoms with Gasteiger partial charge in [0.25, 0.3) is 0 Å². The van der Waals surface area contributed by atoms with Crippen LogP contribution < -0.4 is 11.1 Å². The van der Waals surface area contributed by atoms with Crippen LogP contribution in [0.15, 0.2) is 24.3 Å². The highest BCUT2D eigenvalue weighted by Crippen LogP contribution is 2.15. The molecule has 0 aliphatic heterocycles. The fourth-order valence-corrected chi connectivity index (χ4v) is 2.40. The quantitative estimate of drug-likeness (QED) is 0.782. The Hall–Kier alpha value is -1.51. The van der Waals surface area contributed by atoms with Gasteiger partial charge in [-0.3, -0.25) is 4.79 Å². The predicted octanol–water partition coefficient (Wildman–Crippen LogP) is 2.36. The van der Waals surface area contributed by atoms with Crippen molar-refractivity contribution in [2.24, 2.45) is 5.73 Å². The van der Waals surface area contributed by atoms with Crippen LogP contribution >= 0.6 is 11.8 Å². The third-order valence-corrected chi connectivity index (χ3v) is 3.71. The summed E-state index contributed by atoms with van der Waals surface area (Å²) in [4.78, 5) is 11.7. The summed E-state index contributed by atoms with van der Waals surface area (Å²) < 4.78 is 0. The molecule has 1 aromatic carbocycles. The second-order valence-corrected chi connectivity index (χ2v) is 6.10. The average molecular weight is 277 g/mol. The lowest BCUT2D eigenvalue weighted by Crippen LogP contribution is -2.34. The molecule has 5 heteroatoms. The Morgan fingerprint density at radius 1 is 1.47 bits per heavy atom. The molecular weight excluding hydrogens is 258 g/mol. The number of para-hydroxylation sites is 1. The molecule has 1 rings (SSSR count). The first kappa shape index (κ1) is 15.5. The summed E-state index contributed by atoms with van der Waals surface area (Å²) in [6.07, 6.45) is 0.417. The second kappa shape index (κ2) is 7.17. The molecule has 0 aromatic heterocycles. The summed E-state index contributed by atoms with van der Waals surface area (Å²) in [5, 5.41) is 11.7. The van der Waals surface area contributed by atoms with Gasteiger partial charge in [0.1, 0.15) is 6.07 Å². The first-order valence-corrected chi connectivity index (χ1v) is 7.23. The van der Waals surface area contributed by atoms with E-state index < -0.39 is 0 Å². The molecule has 1 amide bonds. The Bertz CT molecular complexity index is 474. The molecule has 4 nitrogen and oxygen atoms in total. The van der Waals surface area contributed by atoms with Gasteiger partial charge in [0, 0.05) is 23.5 Å². The topological polar surface area (TPSA) is 78.9 Å². The van der Waals surface area contributed by atoms with Crippen molar-refractivity contribution < 1.29 is 4.79 Å². The van der Waals surface area contributed by atoms with Crippen LogP contribution in [0.2, 0.25) is 0 Å². The molecule has 0 spiro atoms. The summed E-state index contributed by atoms with van der Waals surface area (Å²) in [5.74, 6) is 1.46. The molecule has 1 aromatic rings. The number of carbonyl (C=O) groups excluding carboxylic acids is 1. The highest BCUT2D eigenvalue weighted by atomic mass is 32.2. The zero-order valence-electron chi connectivity index (χ0n) is 11.3. The first-order chi connectivity index (χ1) is 8.92. The third kappa shape index (κ3) is 6.27. The minimum atomic E-state index is -0.214. The van der Waals surface area contributed by atoms with E-state index in [1.165, 1.54) is 0 Å². The van der Waals surface area contributed by atoms with Crippen molar-refractivity contribution in [3.63, 3.8) is 0 Å². The van der Waals surface area contributed by atoms with Crippen LogP contribution in [-0.4, -0.2) is 23.0 Å². The van der Waals surface area contributed by atoms with Gasteiger partial charge in [-0.15, -0.1) is 0 Å². The van der Waals surface area contributed by atoms with Crippen LogP contribution in [0.5, 0.6) is 0 Å². The molecule has 0 saturated heterocycles. The second-order valence-electron chi connectivity index (χ2n) is 5.00. The van der Waals surface area contributed by atoms with Crippen LogP contribution in [0.4, 0.5) is 5.69 Å². The molecule has 0 aliphatic rings. The molecule has 102 valence electrons. The zero-order valence-corrected chi connectivity index (χ0v) is 12.1. The van der Waals surface area contributed by atoms with E-state index in [9.17, 15) is 4.79 Å². The minimum absolute atomic E-state index is 0.0787. The van der Waals surface area contributed by atoms with Gasteiger partial charge in [0.05, 0.1) is 11.3 Å². The summed E-state index contributed by atoms with van der Waals surface area (Å²) in [5.41, 5.74) is 6.69. The summed E-state index contributed by atoms with van der Waals surface area (Å²) in [6.45, 7) is 3.92. The van der Waals surface area contributed by atoms with Crippen LogP contribution in [0, 0.1) is 11.3 Å². The third-order valence-electron chi connectivity index (χ3n) is 2.27. The lowest BCUT2D eigenvalue weighted by atomic mass is 10.1. The fraction of sp³-hybridized carbons (Fsp3) is 0.429. The molecule has 0 heterocycles. The molecule has 0 bridgehead atoms. The Labute approximate surface area is 118 Å². The van der Waals surface area contributed by atoms with Gasteiger partial charge in [0.15, 0.2) is 0 Å². The van der Waals surface area contributed by atoms with E-state index in [4.69, 9.17) is 11.0 Å². The maximum Gasteiger partial charge on any atom is 0.225 e. The molecular formula is C14H19N3OS. The summed E-state index contributed by atoms with van der Waals surface area (Å²) in [6, 6.07) is 9.03. The number of hydrogen-bond acceptors (Lipinski definition) is 4. The van der Waals surface area contributed by atoms with Crippen molar-refractivity contribution in [2.75, 3.05) is 16.8 Å². The fourth-order valence-electron chi connectivity index (χ4n) is 1.40. The largest absolute Gasteiger partial charge is 0.325 e. The van der Waals surface area contributed by atoms with Gasteiger partial charge in [-0.05, 0) is 26.0 Å². The molecule has 0 unspecified atom stereocenters. The molecule has 19 heavy (non-hydrogen) atoms. The van der Waals surface area contributed by atoms with Crippen molar-refractivity contribution in [3.05, 3.63) is 29.8 Å². The van der Waals surface area contributed by atoms with E-state index in [1.54, 1.807) is 36.0 Å². The predicted molar refractivity (Wildman–Crippen MR) is 80.0 cm³/mol. The number of amides is 1. The molecule has 0 radical (unpaired) electrons. The highest BCUT2D eigenvalue weighted by molar-refractivity contribution is 7.99. The van der Waals surface area contributed by atoms with Crippen molar-refractivity contribution in [1.29, 1.82) is 5.26 Å². The number of benzene rings is 1. The minimum Gasteiger partial charge on any atom is -0.325 e. The van der Waals surface area contributed by atoms with Gasteiger partial charge >= 0.3 is 0 Å². The Morgan fingerprint density at radius 3 is 2.79 bits per heavy atom. The van der Waals surface area contributed by atoms with E-state index in [2.05, 4.69) is 11.4 Å². The maximum absolute atomic E-state index is 11.7. The van der Waals surface area contributed by atoms with Crippen molar-refractivity contribution in [1.82, 2.24) is 0 Å². The van der Waals surface area contributed by atoms with Crippen LogP contribution in [0.25, 0.3) is 0 Å². The van der Waals surface area contributed by atoms with Crippen LogP contribution in [0.3, 0.4) is 0 Å². The summed E-state index contributed by atoms with van der Waals surface area (Å²) >= 11 is 1.66. The zero-order chi connectivity index (χ0) is 14.3. The van der Waals surface area contributed by atoms with Gasteiger partial charge in [-0.25, -0.2) is 0 Å². The summed E-state index contributed by atoms with van der Waals surface area (Å²) in [7, 11) is 0.